The number of aromatic nitrogens is 3. The van der Waals surface area contributed by atoms with Crippen LogP contribution in [0.25, 0.3) is 28.1 Å². The van der Waals surface area contributed by atoms with Crippen LogP contribution in [0.2, 0.25) is 10.0 Å². The smallest absolute Gasteiger partial charge is 0.423 e. The fraction of sp³-hybridized carbons (Fsp3) is 0.250. The van der Waals surface area contributed by atoms with Gasteiger partial charge in [-0.3, -0.25) is 4.79 Å². The average molecular weight is 593 g/mol. The molecule has 3 N–H and O–H groups in total. The van der Waals surface area contributed by atoms with Crippen molar-refractivity contribution < 1.29 is 27.8 Å². The molecule has 7 nitrogen and oxygen atoms in total. The normalized spacial score (nSPS) is 14.8. The molecule has 0 saturated heterocycles. The molecular weight excluding hydrogens is 568 g/mol. The van der Waals surface area contributed by atoms with E-state index in [1.54, 1.807) is 10.9 Å². The molecule has 1 atom stereocenters. The minimum absolute atomic E-state index is 0.243. The monoisotopic (exact) mass is 592 g/mol. The Balaban J connectivity index is 0.000000357. The molecule has 12 heteroatoms. The maximum absolute atomic E-state index is 11.1. The van der Waals surface area contributed by atoms with Gasteiger partial charge in [0.15, 0.2) is 0 Å². The predicted octanol–water partition coefficient (Wildman–Crippen LogP) is 6.41. The van der Waals surface area contributed by atoms with Gasteiger partial charge in [-0.15, -0.1) is 0 Å². The molecule has 0 aliphatic carbocycles. The number of ether oxygens (including phenoxy) is 1. The lowest BCUT2D eigenvalue weighted by Gasteiger charge is -2.32. The molecule has 210 valence electrons. The summed E-state index contributed by atoms with van der Waals surface area (Å²) in [6.07, 6.45) is -2.49. The van der Waals surface area contributed by atoms with Crippen molar-refractivity contribution in [1.29, 1.82) is 0 Å². The number of carbonyl (C=O) groups excluding carboxylic acids is 1. The number of aliphatic hydroxyl groups excluding tert-OH is 1. The van der Waals surface area contributed by atoms with E-state index in [0.29, 0.717) is 15.9 Å². The van der Waals surface area contributed by atoms with Crippen molar-refractivity contribution >= 4 is 29.1 Å². The Hall–Kier alpha value is -3.60. The van der Waals surface area contributed by atoms with Crippen molar-refractivity contribution in [3.8, 4) is 34.0 Å². The molecule has 4 aromatic rings. The number of benzene rings is 2. The molecule has 1 aliphatic rings. The van der Waals surface area contributed by atoms with Crippen molar-refractivity contribution in [3.63, 3.8) is 0 Å². The fourth-order valence-electron chi connectivity index (χ4n) is 4.03. The minimum Gasteiger partial charge on any atom is -0.471 e. The van der Waals surface area contributed by atoms with E-state index in [1.807, 2.05) is 54.7 Å². The lowest BCUT2D eigenvalue weighted by atomic mass is 9.92. The summed E-state index contributed by atoms with van der Waals surface area (Å²) in [7, 11) is 0. The van der Waals surface area contributed by atoms with Gasteiger partial charge in [-0.05, 0) is 74.7 Å². The van der Waals surface area contributed by atoms with Crippen LogP contribution in [0.5, 0.6) is 5.88 Å². The molecule has 1 amide bonds. The number of nitrogens with zero attached hydrogens (tertiary/aromatic N) is 3. The van der Waals surface area contributed by atoms with Gasteiger partial charge in [0.1, 0.15) is 5.60 Å². The molecule has 3 heterocycles. The van der Waals surface area contributed by atoms with Crippen LogP contribution in [0, 0.1) is 0 Å². The van der Waals surface area contributed by atoms with E-state index < -0.39 is 18.2 Å². The SMILES string of the molecule is CC1(C)CCc2cc(-c3ccc(Cl)cc3)c(-c3ccc(-n4cccn4)cc3Cl)nc2O1.NC(=O)C(O)C(F)(F)F. The largest absolute Gasteiger partial charge is 0.471 e. The maximum Gasteiger partial charge on any atom is 0.423 e. The van der Waals surface area contributed by atoms with E-state index >= 15 is 0 Å². The maximum atomic E-state index is 11.1. The summed E-state index contributed by atoms with van der Waals surface area (Å²) in [5.74, 6) is -1.11. The van der Waals surface area contributed by atoms with Crippen LogP contribution in [0.4, 0.5) is 13.2 Å². The number of aryl methyl sites for hydroxylation is 1. The molecule has 2 aromatic carbocycles. The van der Waals surface area contributed by atoms with Crippen molar-refractivity contribution in [2.45, 2.75) is 44.6 Å². The second-order valence-corrected chi connectivity index (χ2v) is 10.5. The molecule has 40 heavy (non-hydrogen) atoms. The highest BCUT2D eigenvalue weighted by Gasteiger charge is 2.42. The Morgan fingerprint density at radius 2 is 1.82 bits per heavy atom. The van der Waals surface area contributed by atoms with E-state index in [1.165, 1.54) is 0 Å². The van der Waals surface area contributed by atoms with Crippen LogP contribution in [0.15, 0.2) is 67.0 Å². The standard InChI is InChI=1S/C25H21Cl2N3O.C3H4F3NO2/c1-25(2)11-10-17-14-21(16-4-6-18(26)7-5-16)23(29-24(17)31-25)20-9-8-19(15-22(20)27)30-13-3-12-28-30;4-3(5,6)1(8)2(7)9/h3-9,12-15H,10-11H2,1-2H3;1,8H,(H2,7,9). The Kier molecular flexibility index (Phi) is 8.44. The first-order valence-electron chi connectivity index (χ1n) is 12.1. The lowest BCUT2D eigenvalue weighted by molar-refractivity contribution is -0.203. The highest BCUT2D eigenvalue weighted by molar-refractivity contribution is 6.33. The fourth-order valence-corrected chi connectivity index (χ4v) is 4.42. The number of nitrogens with two attached hydrogens (primary N) is 1. The van der Waals surface area contributed by atoms with Crippen molar-refractivity contribution in [2.75, 3.05) is 0 Å². The lowest BCUT2D eigenvalue weighted by Crippen LogP contribution is -2.40. The second-order valence-electron chi connectivity index (χ2n) is 9.68. The summed E-state index contributed by atoms with van der Waals surface area (Å²) in [4.78, 5) is 14.6. The third-order valence-electron chi connectivity index (χ3n) is 6.14. The number of aliphatic hydroxyl groups is 1. The number of fused-ring (bicyclic) bond motifs is 1. The van der Waals surface area contributed by atoms with Crippen LogP contribution in [-0.2, 0) is 11.2 Å². The van der Waals surface area contributed by atoms with Gasteiger partial charge in [-0.25, -0.2) is 9.67 Å². The van der Waals surface area contributed by atoms with Crippen LogP contribution in [-0.4, -0.2) is 43.7 Å². The third kappa shape index (κ3) is 6.75. The molecule has 0 radical (unpaired) electrons. The van der Waals surface area contributed by atoms with Gasteiger partial charge < -0.3 is 15.6 Å². The van der Waals surface area contributed by atoms with E-state index in [0.717, 1.165) is 46.5 Å². The highest BCUT2D eigenvalue weighted by atomic mass is 35.5. The summed E-state index contributed by atoms with van der Waals surface area (Å²) in [6, 6.07) is 17.7. The quantitative estimate of drug-likeness (QED) is 0.285. The number of carbonyl (C=O) groups is 1. The summed E-state index contributed by atoms with van der Waals surface area (Å²) in [5.41, 5.74) is 9.54. The number of hydrogen-bond donors (Lipinski definition) is 2. The second kappa shape index (κ2) is 11.5. The van der Waals surface area contributed by atoms with Crippen LogP contribution < -0.4 is 10.5 Å². The zero-order valence-corrected chi connectivity index (χ0v) is 22.9. The predicted molar refractivity (Wildman–Crippen MR) is 147 cm³/mol. The molecule has 1 unspecified atom stereocenters. The Morgan fingerprint density at radius 3 is 2.38 bits per heavy atom. The van der Waals surface area contributed by atoms with Gasteiger partial charge in [-0.1, -0.05) is 35.3 Å². The first-order chi connectivity index (χ1) is 18.7. The topological polar surface area (TPSA) is 103 Å². The van der Waals surface area contributed by atoms with Gasteiger partial charge in [0, 0.05) is 34.1 Å². The van der Waals surface area contributed by atoms with Crippen LogP contribution in [0.1, 0.15) is 25.8 Å². The van der Waals surface area contributed by atoms with Gasteiger partial charge in [0.2, 0.25) is 12.0 Å². The van der Waals surface area contributed by atoms with Gasteiger partial charge >= 0.3 is 6.18 Å². The number of alkyl halides is 3. The summed E-state index contributed by atoms with van der Waals surface area (Å²) in [5, 5.41) is 13.4. The van der Waals surface area contributed by atoms with Gasteiger partial charge in [0.05, 0.1) is 16.4 Å². The first kappa shape index (κ1) is 29.4. The number of halogens is 5. The molecule has 0 spiro atoms. The van der Waals surface area contributed by atoms with Crippen LogP contribution >= 0.6 is 23.2 Å². The zero-order chi connectivity index (χ0) is 29.2. The van der Waals surface area contributed by atoms with Crippen molar-refractivity contribution in [1.82, 2.24) is 14.8 Å². The van der Waals surface area contributed by atoms with Gasteiger partial charge in [-0.2, -0.15) is 18.3 Å². The summed E-state index contributed by atoms with van der Waals surface area (Å²) in [6.45, 7) is 4.19. The Bertz CT molecular complexity index is 1510. The summed E-state index contributed by atoms with van der Waals surface area (Å²) >= 11 is 12.9. The van der Waals surface area contributed by atoms with E-state index in [4.69, 9.17) is 38.0 Å². The van der Waals surface area contributed by atoms with Gasteiger partial charge in [0.25, 0.3) is 5.91 Å². The van der Waals surface area contributed by atoms with E-state index in [2.05, 4.69) is 30.7 Å². The zero-order valence-electron chi connectivity index (χ0n) is 21.4. The van der Waals surface area contributed by atoms with E-state index in [-0.39, 0.29) is 5.60 Å². The third-order valence-corrected chi connectivity index (χ3v) is 6.71. The number of primary amides is 1. The number of pyridine rings is 1. The molecule has 0 saturated carbocycles. The molecule has 0 bridgehead atoms. The van der Waals surface area contributed by atoms with E-state index in [9.17, 15) is 18.0 Å². The molecule has 1 aliphatic heterocycles. The molecule has 2 aromatic heterocycles. The highest BCUT2D eigenvalue weighted by Crippen LogP contribution is 2.41. The first-order valence-corrected chi connectivity index (χ1v) is 12.8. The van der Waals surface area contributed by atoms with Crippen molar-refractivity contribution in [2.24, 2.45) is 5.73 Å². The number of amides is 1. The molecule has 5 rings (SSSR count). The Morgan fingerprint density at radius 1 is 1.12 bits per heavy atom. The average Bonchev–Trinajstić information content (AvgIpc) is 3.42. The number of rotatable bonds is 4. The van der Waals surface area contributed by atoms with Crippen LogP contribution in [0.3, 0.4) is 0 Å². The Labute approximate surface area is 238 Å². The molecule has 0 fully saturated rings. The minimum atomic E-state index is -4.94. The van der Waals surface area contributed by atoms with Crippen molar-refractivity contribution in [3.05, 3.63) is 82.6 Å². The molecular formula is C28H25Cl2F3N4O3. The summed E-state index contributed by atoms with van der Waals surface area (Å²) < 4.78 is 41.5. The number of hydrogen-bond acceptors (Lipinski definition) is 5.